The summed E-state index contributed by atoms with van der Waals surface area (Å²) in [6, 6.07) is 7.26. The molecular formula is C16H25BrN2. The fourth-order valence-electron chi connectivity index (χ4n) is 2.90. The topological polar surface area (TPSA) is 24.1 Å². The molecule has 1 saturated carbocycles. The maximum absolute atomic E-state index is 3.63. The number of hydrogen-bond donors (Lipinski definition) is 2. The molecular weight excluding hydrogens is 300 g/mol. The Bertz CT molecular complexity index is 398. The van der Waals surface area contributed by atoms with Crippen molar-refractivity contribution in [1.82, 2.24) is 10.6 Å². The van der Waals surface area contributed by atoms with Crippen LogP contribution in [0.15, 0.2) is 22.7 Å². The smallest absolute Gasteiger partial charge is 0.0208 e. The van der Waals surface area contributed by atoms with Crippen LogP contribution in [0, 0.1) is 12.8 Å². The van der Waals surface area contributed by atoms with E-state index >= 15 is 0 Å². The Kier molecular flexibility index (Phi) is 5.86. The van der Waals surface area contributed by atoms with Gasteiger partial charge in [-0.15, -0.1) is 0 Å². The van der Waals surface area contributed by atoms with E-state index in [9.17, 15) is 0 Å². The average Bonchev–Trinajstić information content (AvgIpc) is 2.43. The number of benzene rings is 1. The highest BCUT2D eigenvalue weighted by atomic mass is 79.9. The van der Waals surface area contributed by atoms with Crippen LogP contribution in [0.25, 0.3) is 0 Å². The normalized spacial score (nSPS) is 23.5. The molecule has 1 aromatic carbocycles. The van der Waals surface area contributed by atoms with Crippen LogP contribution in [0.5, 0.6) is 0 Å². The predicted octanol–water partition coefficient (Wildman–Crippen LogP) is 3.63. The summed E-state index contributed by atoms with van der Waals surface area (Å²) < 4.78 is 1.17. The van der Waals surface area contributed by atoms with Crippen LogP contribution >= 0.6 is 15.9 Å². The van der Waals surface area contributed by atoms with E-state index in [0.717, 1.165) is 25.0 Å². The number of aryl methyl sites for hydroxylation is 1. The quantitative estimate of drug-likeness (QED) is 0.864. The van der Waals surface area contributed by atoms with Crippen LogP contribution in [0.1, 0.15) is 36.8 Å². The highest BCUT2D eigenvalue weighted by Crippen LogP contribution is 2.23. The molecule has 3 heteroatoms. The van der Waals surface area contributed by atoms with Crippen LogP contribution in [0.3, 0.4) is 0 Å². The fourth-order valence-corrected chi connectivity index (χ4v) is 3.31. The van der Waals surface area contributed by atoms with Gasteiger partial charge in [-0.3, -0.25) is 0 Å². The van der Waals surface area contributed by atoms with Crippen molar-refractivity contribution in [3.8, 4) is 0 Å². The maximum Gasteiger partial charge on any atom is 0.0208 e. The molecule has 106 valence electrons. The van der Waals surface area contributed by atoms with Gasteiger partial charge in [0.25, 0.3) is 0 Å². The highest BCUT2D eigenvalue weighted by Gasteiger charge is 2.19. The van der Waals surface area contributed by atoms with Crippen LogP contribution < -0.4 is 10.6 Å². The van der Waals surface area contributed by atoms with E-state index < -0.39 is 0 Å². The summed E-state index contributed by atoms with van der Waals surface area (Å²) in [4.78, 5) is 0. The van der Waals surface area contributed by atoms with E-state index in [-0.39, 0.29) is 0 Å². The number of nitrogens with one attached hydrogen (secondary N) is 2. The van der Waals surface area contributed by atoms with Gasteiger partial charge < -0.3 is 10.6 Å². The van der Waals surface area contributed by atoms with E-state index in [4.69, 9.17) is 0 Å². The van der Waals surface area contributed by atoms with Gasteiger partial charge >= 0.3 is 0 Å². The van der Waals surface area contributed by atoms with Crippen molar-refractivity contribution < 1.29 is 0 Å². The first-order valence-corrected chi connectivity index (χ1v) is 8.11. The molecule has 2 N–H and O–H groups in total. The summed E-state index contributed by atoms with van der Waals surface area (Å²) in [6.07, 6.45) is 5.38. The lowest BCUT2D eigenvalue weighted by Crippen LogP contribution is -2.33. The molecule has 1 aliphatic carbocycles. The van der Waals surface area contributed by atoms with Crippen molar-refractivity contribution in [2.24, 2.45) is 5.92 Å². The maximum atomic E-state index is 3.63. The van der Waals surface area contributed by atoms with Crippen LogP contribution in [-0.2, 0) is 6.54 Å². The van der Waals surface area contributed by atoms with E-state index in [1.54, 1.807) is 0 Å². The van der Waals surface area contributed by atoms with Crippen LogP contribution in [0.4, 0.5) is 0 Å². The Morgan fingerprint density at radius 1 is 1.21 bits per heavy atom. The third-order valence-electron chi connectivity index (χ3n) is 4.31. The SMILES string of the molecule is CNC1CCC(CNCc2cc(Br)ccc2C)CC1. The summed E-state index contributed by atoms with van der Waals surface area (Å²) in [5.74, 6) is 0.858. The summed E-state index contributed by atoms with van der Waals surface area (Å²) in [5, 5.41) is 7.03. The lowest BCUT2D eigenvalue weighted by atomic mass is 9.86. The molecule has 0 radical (unpaired) electrons. The molecule has 2 nitrogen and oxygen atoms in total. The van der Waals surface area contributed by atoms with E-state index in [1.807, 2.05) is 0 Å². The third-order valence-corrected chi connectivity index (χ3v) is 4.81. The minimum absolute atomic E-state index is 0.753. The van der Waals surface area contributed by atoms with E-state index in [0.29, 0.717) is 0 Å². The standard InChI is InChI=1S/C16H25BrN2/c1-12-3-6-15(17)9-14(12)11-19-10-13-4-7-16(18-2)8-5-13/h3,6,9,13,16,18-19H,4-5,7-8,10-11H2,1-2H3. The van der Waals surface area contributed by atoms with Gasteiger partial charge in [-0.1, -0.05) is 22.0 Å². The highest BCUT2D eigenvalue weighted by molar-refractivity contribution is 9.10. The molecule has 0 bridgehead atoms. The van der Waals surface area contributed by atoms with E-state index in [2.05, 4.69) is 58.7 Å². The lowest BCUT2D eigenvalue weighted by Gasteiger charge is -2.28. The van der Waals surface area contributed by atoms with Gasteiger partial charge in [0.15, 0.2) is 0 Å². The Morgan fingerprint density at radius 2 is 1.95 bits per heavy atom. The van der Waals surface area contributed by atoms with Crippen molar-refractivity contribution >= 4 is 15.9 Å². The van der Waals surface area contributed by atoms with Gasteiger partial charge in [-0.2, -0.15) is 0 Å². The van der Waals surface area contributed by atoms with Gasteiger partial charge in [-0.25, -0.2) is 0 Å². The van der Waals surface area contributed by atoms with Crippen molar-refractivity contribution in [2.45, 2.75) is 45.2 Å². The molecule has 1 aliphatic rings. The zero-order valence-corrected chi connectivity index (χ0v) is 13.6. The molecule has 0 spiro atoms. The Morgan fingerprint density at radius 3 is 2.63 bits per heavy atom. The molecule has 1 aromatic rings. The third kappa shape index (κ3) is 4.59. The second-order valence-electron chi connectivity index (χ2n) is 5.71. The monoisotopic (exact) mass is 324 g/mol. The lowest BCUT2D eigenvalue weighted by molar-refractivity contribution is 0.292. The van der Waals surface area contributed by atoms with Crippen molar-refractivity contribution in [3.05, 3.63) is 33.8 Å². The first kappa shape index (κ1) is 15.0. The fraction of sp³-hybridized carbons (Fsp3) is 0.625. The van der Waals surface area contributed by atoms with Gasteiger partial charge in [-0.05, 0) is 75.4 Å². The van der Waals surface area contributed by atoms with Gasteiger partial charge in [0.05, 0.1) is 0 Å². The Hall–Kier alpha value is -0.380. The average molecular weight is 325 g/mol. The largest absolute Gasteiger partial charge is 0.317 e. The number of halogens is 1. The summed E-state index contributed by atoms with van der Waals surface area (Å²) >= 11 is 3.54. The van der Waals surface area contributed by atoms with Crippen LogP contribution in [0.2, 0.25) is 0 Å². The molecule has 0 atom stereocenters. The molecule has 0 amide bonds. The first-order valence-electron chi connectivity index (χ1n) is 7.32. The molecule has 0 aliphatic heterocycles. The Balaban J connectivity index is 1.73. The zero-order valence-electron chi connectivity index (χ0n) is 12.0. The van der Waals surface area contributed by atoms with E-state index in [1.165, 1.54) is 41.3 Å². The summed E-state index contributed by atoms with van der Waals surface area (Å²) in [6.45, 7) is 4.32. The second kappa shape index (κ2) is 7.41. The summed E-state index contributed by atoms with van der Waals surface area (Å²) in [7, 11) is 2.08. The second-order valence-corrected chi connectivity index (χ2v) is 6.62. The summed E-state index contributed by atoms with van der Waals surface area (Å²) in [5.41, 5.74) is 2.77. The van der Waals surface area contributed by atoms with Gasteiger partial charge in [0, 0.05) is 17.1 Å². The molecule has 0 aromatic heterocycles. The molecule has 0 unspecified atom stereocenters. The van der Waals surface area contributed by atoms with Gasteiger partial charge in [0.1, 0.15) is 0 Å². The number of hydrogen-bond acceptors (Lipinski definition) is 2. The van der Waals surface area contributed by atoms with Gasteiger partial charge in [0.2, 0.25) is 0 Å². The molecule has 2 rings (SSSR count). The van der Waals surface area contributed by atoms with Crippen LogP contribution in [-0.4, -0.2) is 19.6 Å². The zero-order chi connectivity index (χ0) is 13.7. The minimum atomic E-state index is 0.753. The minimum Gasteiger partial charge on any atom is -0.317 e. The molecule has 19 heavy (non-hydrogen) atoms. The van der Waals surface area contributed by atoms with Crippen molar-refractivity contribution in [1.29, 1.82) is 0 Å². The Labute approximate surface area is 125 Å². The first-order chi connectivity index (χ1) is 9.19. The number of rotatable bonds is 5. The predicted molar refractivity (Wildman–Crippen MR) is 85.4 cm³/mol. The molecule has 0 saturated heterocycles. The van der Waals surface area contributed by atoms with Crippen molar-refractivity contribution in [3.63, 3.8) is 0 Å². The van der Waals surface area contributed by atoms with Crippen molar-refractivity contribution in [2.75, 3.05) is 13.6 Å². The molecule has 0 heterocycles. The molecule has 1 fully saturated rings.